The van der Waals surface area contributed by atoms with Gasteiger partial charge in [0.15, 0.2) is 0 Å². The number of halogens is 2. The molecule has 2 aromatic rings. The van der Waals surface area contributed by atoms with Crippen molar-refractivity contribution in [2.75, 3.05) is 5.32 Å². The summed E-state index contributed by atoms with van der Waals surface area (Å²) in [5.41, 5.74) is -0.658. The maximum Gasteiger partial charge on any atom is 0.269 e. The zero-order valence-electron chi connectivity index (χ0n) is 9.97. The van der Waals surface area contributed by atoms with Crippen molar-refractivity contribution in [3.05, 3.63) is 69.8 Å². The molecule has 0 heterocycles. The summed E-state index contributed by atoms with van der Waals surface area (Å²) in [5.74, 6) is -2.93. The van der Waals surface area contributed by atoms with Gasteiger partial charge in [0.05, 0.1) is 4.92 Å². The molecule has 5 nitrogen and oxygen atoms in total. The predicted molar refractivity (Wildman–Crippen MR) is 67.4 cm³/mol. The number of benzene rings is 2. The SMILES string of the molecule is O=C(Nc1ccc([N+](=O)[O-])cc1)c1c(F)cccc1F. The third-order valence-electron chi connectivity index (χ3n) is 2.53. The molecule has 0 aliphatic carbocycles. The number of nitrogens with one attached hydrogen (secondary N) is 1. The Kier molecular flexibility index (Phi) is 3.69. The summed E-state index contributed by atoms with van der Waals surface area (Å²) < 4.78 is 26.8. The summed E-state index contributed by atoms with van der Waals surface area (Å²) in [5, 5.41) is 12.7. The first-order valence-corrected chi connectivity index (χ1v) is 5.49. The maximum absolute atomic E-state index is 13.4. The highest BCUT2D eigenvalue weighted by Crippen LogP contribution is 2.18. The molecule has 0 aromatic heterocycles. The zero-order valence-corrected chi connectivity index (χ0v) is 9.97. The van der Waals surface area contributed by atoms with Crippen molar-refractivity contribution in [2.24, 2.45) is 0 Å². The number of amides is 1. The van der Waals surface area contributed by atoms with Gasteiger partial charge in [-0.2, -0.15) is 0 Å². The van der Waals surface area contributed by atoms with Gasteiger partial charge in [-0.1, -0.05) is 6.07 Å². The molecule has 2 rings (SSSR count). The lowest BCUT2D eigenvalue weighted by Gasteiger charge is -2.06. The number of rotatable bonds is 3. The largest absolute Gasteiger partial charge is 0.322 e. The second kappa shape index (κ2) is 5.43. The van der Waals surface area contributed by atoms with E-state index in [1.807, 2.05) is 0 Å². The van der Waals surface area contributed by atoms with Gasteiger partial charge in [-0.05, 0) is 24.3 Å². The Morgan fingerprint density at radius 1 is 1.05 bits per heavy atom. The third kappa shape index (κ3) is 2.77. The monoisotopic (exact) mass is 278 g/mol. The van der Waals surface area contributed by atoms with Gasteiger partial charge < -0.3 is 5.32 Å². The van der Waals surface area contributed by atoms with Gasteiger partial charge in [-0.15, -0.1) is 0 Å². The Morgan fingerprint density at radius 2 is 1.60 bits per heavy atom. The lowest BCUT2D eigenvalue weighted by Crippen LogP contribution is -2.15. The van der Waals surface area contributed by atoms with E-state index in [9.17, 15) is 23.7 Å². The van der Waals surface area contributed by atoms with E-state index >= 15 is 0 Å². The van der Waals surface area contributed by atoms with Crippen LogP contribution in [0.5, 0.6) is 0 Å². The molecule has 102 valence electrons. The van der Waals surface area contributed by atoms with E-state index in [0.717, 1.165) is 18.2 Å². The van der Waals surface area contributed by atoms with Gasteiger partial charge in [-0.3, -0.25) is 14.9 Å². The zero-order chi connectivity index (χ0) is 14.7. The number of carbonyl (C=O) groups is 1. The fraction of sp³-hybridized carbons (Fsp3) is 0. The molecule has 7 heteroatoms. The molecule has 1 N–H and O–H groups in total. The van der Waals surface area contributed by atoms with Crippen LogP contribution in [-0.2, 0) is 0 Å². The molecule has 0 saturated heterocycles. The van der Waals surface area contributed by atoms with Crippen molar-refractivity contribution in [2.45, 2.75) is 0 Å². The van der Waals surface area contributed by atoms with Crippen LogP contribution in [0, 0.1) is 21.7 Å². The molecule has 1 amide bonds. The maximum atomic E-state index is 13.4. The van der Waals surface area contributed by atoms with Gasteiger partial charge in [0.25, 0.3) is 11.6 Å². The predicted octanol–water partition coefficient (Wildman–Crippen LogP) is 3.13. The van der Waals surface area contributed by atoms with E-state index in [0.29, 0.717) is 0 Å². The Morgan fingerprint density at radius 3 is 2.10 bits per heavy atom. The number of carbonyl (C=O) groups excluding carboxylic acids is 1. The number of nitro benzene ring substituents is 1. The van der Waals surface area contributed by atoms with Crippen LogP contribution in [0.15, 0.2) is 42.5 Å². The fourth-order valence-corrected chi connectivity index (χ4v) is 1.57. The normalized spacial score (nSPS) is 10.1. The lowest BCUT2D eigenvalue weighted by molar-refractivity contribution is -0.384. The third-order valence-corrected chi connectivity index (χ3v) is 2.53. The van der Waals surface area contributed by atoms with E-state index in [1.54, 1.807) is 0 Å². The smallest absolute Gasteiger partial charge is 0.269 e. The van der Waals surface area contributed by atoms with Crippen molar-refractivity contribution < 1.29 is 18.5 Å². The quantitative estimate of drug-likeness (QED) is 0.692. The highest BCUT2D eigenvalue weighted by Gasteiger charge is 2.17. The second-order valence-corrected chi connectivity index (χ2v) is 3.85. The van der Waals surface area contributed by atoms with Crippen LogP contribution < -0.4 is 5.32 Å². The van der Waals surface area contributed by atoms with E-state index in [4.69, 9.17) is 0 Å². The molecule has 0 aliphatic heterocycles. The van der Waals surface area contributed by atoms with Crippen molar-refractivity contribution in [1.82, 2.24) is 0 Å². The minimum absolute atomic E-state index is 0.153. The summed E-state index contributed by atoms with van der Waals surface area (Å²) >= 11 is 0. The van der Waals surface area contributed by atoms with Crippen LogP contribution in [0.2, 0.25) is 0 Å². The van der Waals surface area contributed by atoms with Crippen LogP contribution in [0.25, 0.3) is 0 Å². The Balaban J connectivity index is 2.21. The molecule has 0 atom stereocenters. The summed E-state index contributed by atoms with van der Waals surface area (Å²) in [7, 11) is 0. The molecular weight excluding hydrogens is 270 g/mol. The highest BCUT2D eigenvalue weighted by atomic mass is 19.1. The van der Waals surface area contributed by atoms with Crippen LogP contribution >= 0.6 is 0 Å². The van der Waals surface area contributed by atoms with Gasteiger partial charge in [0.2, 0.25) is 0 Å². The molecule has 0 bridgehead atoms. The molecule has 0 unspecified atom stereocenters. The van der Waals surface area contributed by atoms with Crippen LogP contribution in [0.3, 0.4) is 0 Å². The molecular formula is C13H8F2N2O3. The second-order valence-electron chi connectivity index (χ2n) is 3.85. The Hall–Kier alpha value is -2.83. The number of non-ortho nitro benzene ring substituents is 1. The number of anilines is 1. The van der Waals surface area contributed by atoms with Crippen molar-refractivity contribution in [3.8, 4) is 0 Å². The minimum Gasteiger partial charge on any atom is -0.322 e. The number of nitrogens with zero attached hydrogens (tertiary/aromatic N) is 1. The molecule has 0 radical (unpaired) electrons. The number of nitro groups is 1. The highest BCUT2D eigenvalue weighted by molar-refractivity contribution is 6.04. The van der Waals surface area contributed by atoms with E-state index < -0.39 is 28.0 Å². The Labute approximate surface area is 112 Å². The first-order chi connectivity index (χ1) is 9.49. The fourth-order valence-electron chi connectivity index (χ4n) is 1.57. The first-order valence-electron chi connectivity index (χ1n) is 5.49. The van der Waals surface area contributed by atoms with Crippen LogP contribution in [0.1, 0.15) is 10.4 Å². The number of hydrogen-bond donors (Lipinski definition) is 1. The molecule has 20 heavy (non-hydrogen) atoms. The van der Waals surface area contributed by atoms with Gasteiger partial charge in [0, 0.05) is 17.8 Å². The van der Waals surface area contributed by atoms with Gasteiger partial charge in [0.1, 0.15) is 17.2 Å². The first kappa shape index (κ1) is 13.6. The molecule has 0 saturated carbocycles. The van der Waals surface area contributed by atoms with Crippen LogP contribution in [0.4, 0.5) is 20.2 Å². The van der Waals surface area contributed by atoms with E-state index in [-0.39, 0.29) is 11.4 Å². The summed E-state index contributed by atoms with van der Waals surface area (Å²) in [6.07, 6.45) is 0. The van der Waals surface area contributed by atoms with E-state index in [1.165, 1.54) is 24.3 Å². The van der Waals surface area contributed by atoms with Crippen molar-refractivity contribution in [3.63, 3.8) is 0 Å². The standard InChI is InChI=1S/C13H8F2N2O3/c14-10-2-1-3-11(15)12(10)13(18)16-8-4-6-9(7-5-8)17(19)20/h1-7H,(H,16,18). The number of hydrogen-bond acceptors (Lipinski definition) is 3. The minimum atomic E-state index is -0.982. The molecule has 0 fully saturated rings. The van der Waals surface area contributed by atoms with Gasteiger partial charge in [-0.25, -0.2) is 8.78 Å². The molecule has 0 spiro atoms. The van der Waals surface area contributed by atoms with E-state index in [2.05, 4.69) is 5.32 Å². The average molecular weight is 278 g/mol. The summed E-state index contributed by atoms with van der Waals surface area (Å²) in [6.45, 7) is 0. The lowest BCUT2D eigenvalue weighted by atomic mass is 10.1. The summed E-state index contributed by atoms with van der Waals surface area (Å²) in [4.78, 5) is 21.6. The molecule has 0 aliphatic rings. The average Bonchev–Trinajstić information content (AvgIpc) is 2.39. The van der Waals surface area contributed by atoms with Crippen molar-refractivity contribution >= 4 is 17.3 Å². The topological polar surface area (TPSA) is 72.2 Å². The van der Waals surface area contributed by atoms with Crippen molar-refractivity contribution in [1.29, 1.82) is 0 Å². The molecule has 2 aromatic carbocycles. The van der Waals surface area contributed by atoms with Gasteiger partial charge >= 0.3 is 0 Å². The summed E-state index contributed by atoms with van der Waals surface area (Å²) in [6, 6.07) is 7.97. The van der Waals surface area contributed by atoms with Crippen LogP contribution in [-0.4, -0.2) is 10.8 Å². The Bertz CT molecular complexity index is 652.